The van der Waals surface area contributed by atoms with Crippen LogP contribution < -0.4 is 11.1 Å². The minimum absolute atomic E-state index is 0.0999. The van der Waals surface area contributed by atoms with Gasteiger partial charge in [-0.25, -0.2) is 4.39 Å². The number of aryl methyl sites for hydroxylation is 1. The van der Waals surface area contributed by atoms with Gasteiger partial charge < -0.3 is 11.1 Å². The van der Waals surface area contributed by atoms with Crippen LogP contribution in [0.3, 0.4) is 0 Å². The van der Waals surface area contributed by atoms with Gasteiger partial charge in [0.15, 0.2) is 0 Å². The molecule has 5 heteroatoms. The Bertz CT molecular complexity index is 423. The molecule has 3 N–H and O–H groups in total. The van der Waals surface area contributed by atoms with Gasteiger partial charge in [-0.2, -0.15) is 0 Å². The Labute approximate surface area is 109 Å². The number of hydrogen-bond donors (Lipinski definition) is 2. The number of carbonyl (C=O) groups is 1. The number of halogens is 2. The SMILES string of the molecule is Cc1cc(F)c(Br)cc1NC(=O)C(C)CCN. The van der Waals surface area contributed by atoms with Gasteiger partial charge in [-0.3, -0.25) is 4.79 Å². The zero-order valence-corrected chi connectivity index (χ0v) is 11.5. The summed E-state index contributed by atoms with van der Waals surface area (Å²) < 4.78 is 13.5. The Morgan fingerprint density at radius 3 is 2.82 bits per heavy atom. The van der Waals surface area contributed by atoms with Crippen molar-refractivity contribution in [2.24, 2.45) is 11.7 Å². The zero-order valence-electron chi connectivity index (χ0n) is 9.89. The van der Waals surface area contributed by atoms with Gasteiger partial charge in [0.2, 0.25) is 5.91 Å². The Balaban J connectivity index is 2.81. The second kappa shape index (κ2) is 6.12. The first-order valence-electron chi connectivity index (χ1n) is 5.42. The van der Waals surface area contributed by atoms with E-state index in [2.05, 4.69) is 21.2 Å². The van der Waals surface area contributed by atoms with E-state index in [1.165, 1.54) is 6.07 Å². The molecule has 0 saturated carbocycles. The van der Waals surface area contributed by atoms with Crippen LogP contribution in [0, 0.1) is 18.7 Å². The third-order valence-electron chi connectivity index (χ3n) is 2.57. The quantitative estimate of drug-likeness (QED) is 0.898. The van der Waals surface area contributed by atoms with Crippen molar-refractivity contribution in [2.75, 3.05) is 11.9 Å². The molecule has 17 heavy (non-hydrogen) atoms. The Morgan fingerprint density at radius 2 is 2.24 bits per heavy atom. The normalized spacial score (nSPS) is 12.3. The van der Waals surface area contributed by atoms with E-state index in [0.717, 1.165) is 0 Å². The van der Waals surface area contributed by atoms with E-state index in [1.54, 1.807) is 13.0 Å². The molecule has 0 heterocycles. The highest BCUT2D eigenvalue weighted by atomic mass is 79.9. The summed E-state index contributed by atoms with van der Waals surface area (Å²) >= 11 is 3.09. The van der Waals surface area contributed by atoms with Crippen molar-refractivity contribution in [1.82, 2.24) is 0 Å². The first-order chi connectivity index (χ1) is 7.95. The lowest BCUT2D eigenvalue weighted by atomic mass is 10.1. The predicted molar refractivity (Wildman–Crippen MR) is 70.3 cm³/mol. The van der Waals surface area contributed by atoms with Crippen molar-refractivity contribution in [1.29, 1.82) is 0 Å². The molecule has 94 valence electrons. The number of benzene rings is 1. The van der Waals surface area contributed by atoms with Gasteiger partial charge in [-0.15, -0.1) is 0 Å². The smallest absolute Gasteiger partial charge is 0.227 e. The Hall–Kier alpha value is -0.940. The molecule has 1 aromatic carbocycles. The van der Waals surface area contributed by atoms with E-state index < -0.39 is 0 Å². The lowest BCUT2D eigenvalue weighted by Gasteiger charge is -2.13. The second-order valence-corrected chi connectivity index (χ2v) is 4.90. The molecule has 3 nitrogen and oxygen atoms in total. The third kappa shape index (κ3) is 3.78. The van der Waals surface area contributed by atoms with E-state index in [9.17, 15) is 9.18 Å². The number of hydrogen-bond acceptors (Lipinski definition) is 2. The fourth-order valence-electron chi connectivity index (χ4n) is 1.42. The van der Waals surface area contributed by atoms with Gasteiger partial charge in [0, 0.05) is 11.6 Å². The summed E-state index contributed by atoms with van der Waals surface area (Å²) in [5.74, 6) is -0.587. The predicted octanol–water partition coefficient (Wildman–Crippen LogP) is 2.82. The number of amides is 1. The van der Waals surface area contributed by atoms with E-state index >= 15 is 0 Å². The third-order valence-corrected chi connectivity index (χ3v) is 3.18. The van der Waals surface area contributed by atoms with E-state index in [4.69, 9.17) is 5.73 Å². The van der Waals surface area contributed by atoms with Crippen LogP contribution in [0.5, 0.6) is 0 Å². The van der Waals surface area contributed by atoms with Crippen LogP contribution in [0.15, 0.2) is 16.6 Å². The van der Waals surface area contributed by atoms with Crippen molar-refractivity contribution >= 4 is 27.5 Å². The second-order valence-electron chi connectivity index (χ2n) is 4.05. The highest BCUT2D eigenvalue weighted by Gasteiger charge is 2.14. The maximum Gasteiger partial charge on any atom is 0.227 e. The summed E-state index contributed by atoms with van der Waals surface area (Å²) in [5, 5.41) is 2.77. The first kappa shape index (κ1) is 14.1. The van der Waals surface area contributed by atoms with Crippen molar-refractivity contribution in [3.05, 3.63) is 28.0 Å². The molecule has 1 unspecified atom stereocenters. The summed E-state index contributed by atoms with van der Waals surface area (Å²) in [6, 6.07) is 2.95. The lowest BCUT2D eigenvalue weighted by molar-refractivity contribution is -0.119. The monoisotopic (exact) mass is 302 g/mol. The summed E-state index contributed by atoms with van der Waals surface area (Å²) in [6.07, 6.45) is 0.632. The van der Waals surface area contributed by atoms with Crippen LogP contribution in [0.25, 0.3) is 0 Å². The number of nitrogens with one attached hydrogen (secondary N) is 1. The molecule has 0 saturated heterocycles. The van der Waals surface area contributed by atoms with Crippen LogP contribution >= 0.6 is 15.9 Å². The molecule has 0 bridgehead atoms. The molecule has 0 radical (unpaired) electrons. The maximum absolute atomic E-state index is 13.2. The molecule has 1 atom stereocenters. The van der Waals surface area contributed by atoms with Gasteiger partial charge in [-0.1, -0.05) is 6.92 Å². The largest absolute Gasteiger partial charge is 0.330 e. The molecule has 0 aliphatic heterocycles. The molecular formula is C12H16BrFN2O. The number of anilines is 1. The van der Waals surface area contributed by atoms with Gasteiger partial charge >= 0.3 is 0 Å². The number of nitrogens with two attached hydrogens (primary N) is 1. The summed E-state index contributed by atoms with van der Waals surface area (Å²) in [5.41, 5.74) is 6.71. The molecule has 1 amide bonds. The van der Waals surface area contributed by atoms with Gasteiger partial charge in [0.1, 0.15) is 5.82 Å². The molecule has 0 spiro atoms. The summed E-state index contributed by atoms with van der Waals surface area (Å²) in [7, 11) is 0. The number of carbonyl (C=O) groups excluding carboxylic acids is 1. The molecule has 0 aliphatic carbocycles. The van der Waals surface area contributed by atoms with E-state index in [1.807, 2.05) is 6.92 Å². The van der Waals surface area contributed by atoms with Crippen molar-refractivity contribution in [3.63, 3.8) is 0 Å². The lowest BCUT2D eigenvalue weighted by Crippen LogP contribution is -2.23. The molecule has 1 rings (SSSR count). The molecule has 0 aromatic heterocycles. The zero-order chi connectivity index (χ0) is 13.0. The van der Waals surface area contributed by atoms with Crippen molar-refractivity contribution in [3.8, 4) is 0 Å². The standard InChI is InChI=1S/C12H16BrFN2O/c1-7(3-4-15)12(17)16-11-6-9(13)10(14)5-8(11)2/h5-7H,3-4,15H2,1-2H3,(H,16,17). The number of rotatable bonds is 4. The molecule has 0 aliphatic rings. The Kier molecular flexibility index (Phi) is 5.08. The van der Waals surface area contributed by atoms with E-state index in [-0.39, 0.29) is 17.6 Å². The average Bonchev–Trinajstić information content (AvgIpc) is 2.26. The topological polar surface area (TPSA) is 55.1 Å². The van der Waals surface area contributed by atoms with Crippen LogP contribution in [-0.4, -0.2) is 12.5 Å². The first-order valence-corrected chi connectivity index (χ1v) is 6.21. The van der Waals surface area contributed by atoms with E-state index in [0.29, 0.717) is 28.7 Å². The summed E-state index contributed by atoms with van der Waals surface area (Å²) in [6.45, 7) is 4.04. The van der Waals surface area contributed by atoms with Gasteiger partial charge in [0.05, 0.1) is 4.47 Å². The van der Waals surface area contributed by atoms with Gasteiger partial charge in [0.25, 0.3) is 0 Å². The Morgan fingerprint density at radius 1 is 1.59 bits per heavy atom. The molecular weight excluding hydrogens is 287 g/mol. The molecule has 1 aromatic rings. The van der Waals surface area contributed by atoms with Crippen LogP contribution in [0.4, 0.5) is 10.1 Å². The van der Waals surface area contributed by atoms with Gasteiger partial charge in [-0.05, 0) is 53.5 Å². The highest BCUT2D eigenvalue weighted by molar-refractivity contribution is 9.10. The minimum atomic E-state index is -0.337. The average molecular weight is 303 g/mol. The fourth-order valence-corrected chi connectivity index (χ4v) is 1.76. The van der Waals surface area contributed by atoms with Crippen LogP contribution in [-0.2, 0) is 4.79 Å². The van der Waals surface area contributed by atoms with Crippen LogP contribution in [0.1, 0.15) is 18.9 Å². The van der Waals surface area contributed by atoms with Crippen molar-refractivity contribution < 1.29 is 9.18 Å². The van der Waals surface area contributed by atoms with Crippen molar-refractivity contribution in [2.45, 2.75) is 20.3 Å². The summed E-state index contributed by atoms with van der Waals surface area (Å²) in [4.78, 5) is 11.8. The fraction of sp³-hybridized carbons (Fsp3) is 0.417. The van der Waals surface area contributed by atoms with Crippen LogP contribution in [0.2, 0.25) is 0 Å². The maximum atomic E-state index is 13.2. The minimum Gasteiger partial charge on any atom is -0.330 e. The highest BCUT2D eigenvalue weighted by Crippen LogP contribution is 2.24. The molecule has 0 fully saturated rings.